The van der Waals surface area contributed by atoms with E-state index >= 15 is 0 Å². The minimum atomic E-state index is -0.343. The van der Waals surface area contributed by atoms with E-state index in [1.807, 2.05) is 6.92 Å². The van der Waals surface area contributed by atoms with Crippen LogP contribution in [-0.2, 0) is 9.47 Å². The predicted octanol–water partition coefficient (Wildman–Crippen LogP) is 0.788. The van der Waals surface area contributed by atoms with Crippen LogP contribution in [0.5, 0.6) is 0 Å². The number of piperidine rings is 1. The first kappa shape index (κ1) is 13.9. The number of aliphatic hydroxyl groups is 1. The van der Waals surface area contributed by atoms with Crippen molar-refractivity contribution < 1.29 is 14.6 Å². The van der Waals surface area contributed by atoms with Crippen molar-refractivity contribution in [2.24, 2.45) is 5.92 Å². The number of hydrogen-bond donors (Lipinski definition) is 2. The molecule has 4 nitrogen and oxygen atoms in total. The van der Waals surface area contributed by atoms with Gasteiger partial charge in [-0.15, -0.1) is 0 Å². The maximum absolute atomic E-state index is 9.82. The minimum Gasteiger partial charge on any atom is -0.391 e. The summed E-state index contributed by atoms with van der Waals surface area (Å²) in [6.45, 7) is 5.11. The average molecular weight is 231 g/mol. The van der Waals surface area contributed by atoms with E-state index in [0.29, 0.717) is 19.1 Å². The Labute approximate surface area is 98.3 Å². The molecule has 0 aromatic carbocycles. The molecule has 0 amide bonds. The van der Waals surface area contributed by atoms with E-state index < -0.39 is 0 Å². The minimum absolute atomic E-state index is 0.0594. The molecule has 96 valence electrons. The fourth-order valence-corrected chi connectivity index (χ4v) is 2.14. The van der Waals surface area contributed by atoms with Crippen LogP contribution in [-0.4, -0.2) is 50.7 Å². The lowest BCUT2D eigenvalue weighted by Crippen LogP contribution is -2.33. The summed E-state index contributed by atoms with van der Waals surface area (Å²) in [5.74, 6) is 0.602. The highest BCUT2D eigenvalue weighted by Gasteiger charge is 2.17. The summed E-state index contributed by atoms with van der Waals surface area (Å²) < 4.78 is 10.5. The van der Waals surface area contributed by atoms with Gasteiger partial charge in [0.05, 0.1) is 25.4 Å². The number of methoxy groups -OCH3 is 1. The molecule has 1 aliphatic rings. The highest BCUT2D eigenvalue weighted by atomic mass is 16.5. The van der Waals surface area contributed by atoms with Crippen molar-refractivity contribution in [3.63, 3.8) is 0 Å². The predicted molar refractivity (Wildman–Crippen MR) is 63.5 cm³/mol. The fraction of sp³-hybridized carbons (Fsp3) is 1.00. The van der Waals surface area contributed by atoms with Gasteiger partial charge in [0.2, 0.25) is 0 Å². The molecular weight excluding hydrogens is 206 g/mol. The second-order valence-corrected chi connectivity index (χ2v) is 4.70. The van der Waals surface area contributed by atoms with Crippen LogP contribution in [0, 0.1) is 5.92 Å². The molecule has 0 bridgehead atoms. The Bertz CT molecular complexity index is 172. The van der Waals surface area contributed by atoms with Crippen molar-refractivity contribution in [1.82, 2.24) is 5.32 Å². The van der Waals surface area contributed by atoms with Gasteiger partial charge in [-0.25, -0.2) is 0 Å². The molecule has 0 spiro atoms. The number of nitrogens with one attached hydrogen (secondary N) is 1. The largest absolute Gasteiger partial charge is 0.391 e. The summed E-state index contributed by atoms with van der Waals surface area (Å²) in [5, 5.41) is 13.2. The van der Waals surface area contributed by atoms with E-state index in [1.165, 1.54) is 12.8 Å². The molecule has 1 heterocycles. The molecule has 1 fully saturated rings. The molecule has 0 saturated carbocycles. The van der Waals surface area contributed by atoms with Gasteiger partial charge in [-0.1, -0.05) is 0 Å². The highest BCUT2D eigenvalue weighted by molar-refractivity contribution is 4.72. The van der Waals surface area contributed by atoms with Gasteiger partial charge in [0.15, 0.2) is 0 Å². The molecule has 1 rings (SSSR count). The van der Waals surface area contributed by atoms with Gasteiger partial charge in [0.25, 0.3) is 0 Å². The van der Waals surface area contributed by atoms with Crippen LogP contribution in [0.1, 0.15) is 26.2 Å². The normalized spacial score (nSPS) is 25.3. The molecular formula is C12H25NO3. The van der Waals surface area contributed by atoms with Crippen molar-refractivity contribution in [2.45, 2.75) is 38.4 Å². The van der Waals surface area contributed by atoms with Gasteiger partial charge in [0, 0.05) is 7.11 Å². The van der Waals surface area contributed by atoms with Gasteiger partial charge < -0.3 is 19.9 Å². The second-order valence-electron chi connectivity index (χ2n) is 4.70. The lowest BCUT2D eigenvalue weighted by Gasteiger charge is -2.25. The summed E-state index contributed by atoms with van der Waals surface area (Å²) >= 11 is 0. The van der Waals surface area contributed by atoms with Gasteiger partial charge in [0.1, 0.15) is 0 Å². The zero-order valence-corrected chi connectivity index (χ0v) is 10.4. The monoisotopic (exact) mass is 231 g/mol. The summed E-state index contributed by atoms with van der Waals surface area (Å²) in [6.07, 6.45) is 3.00. The molecule has 3 unspecified atom stereocenters. The molecule has 0 aliphatic carbocycles. The van der Waals surface area contributed by atoms with Gasteiger partial charge >= 0.3 is 0 Å². The van der Waals surface area contributed by atoms with E-state index in [-0.39, 0.29) is 12.2 Å². The molecule has 0 radical (unpaired) electrons. The second kappa shape index (κ2) is 8.01. The fourth-order valence-electron chi connectivity index (χ4n) is 2.14. The lowest BCUT2D eigenvalue weighted by atomic mass is 9.94. The van der Waals surface area contributed by atoms with Crippen molar-refractivity contribution in [2.75, 3.05) is 33.4 Å². The zero-order valence-electron chi connectivity index (χ0n) is 10.4. The van der Waals surface area contributed by atoms with Crippen LogP contribution < -0.4 is 5.32 Å². The molecule has 0 aromatic heterocycles. The standard InChI is InChI=1S/C12H25NO3/c1-10(8-15-2)16-9-12(14)6-11-4-3-5-13-7-11/h10-14H,3-9H2,1-2H3. The molecule has 2 N–H and O–H groups in total. The van der Waals surface area contributed by atoms with E-state index in [0.717, 1.165) is 19.5 Å². The van der Waals surface area contributed by atoms with E-state index in [4.69, 9.17) is 9.47 Å². The summed E-state index contributed by atoms with van der Waals surface area (Å²) in [6, 6.07) is 0. The van der Waals surface area contributed by atoms with Crippen LogP contribution in [0.25, 0.3) is 0 Å². The molecule has 4 heteroatoms. The quantitative estimate of drug-likeness (QED) is 0.680. The maximum Gasteiger partial charge on any atom is 0.0781 e. The van der Waals surface area contributed by atoms with Crippen molar-refractivity contribution >= 4 is 0 Å². The maximum atomic E-state index is 9.82. The number of hydrogen-bond acceptors (Lipinski definition) is 4. The van der Waals surface area contributed by atoms with Crippen LogP contribution in [0.3, 0.4) is 0 Å². The molecule has 0 aromatic rings. The van der Waals surface area contributed by atoms with Crippen LogP contribution >= 0.6 is 0 Å². The molecule has 1 saturated heterocycles. The number of rotatable bonds is 7. The van der Waals surface area contributed by atoms with Crippen LogP contribution in [0.15, 0.2) is 0 Å². The number of aliphatic hydroxyl groups excluding tert-OH is 1. The summed E-state index contributed by atoms with van der Waals surface area (Å²) in [7, 11) is 1.66. The third kappa shape index (κ3) is 5.80. The van der Waals surface area contributed by atoms with Crippen molar-refractivity contribution in [3.05, 3.63) is 0 Å². The zero-order chi connectivity index (χ0) is 11.8. The van der Waals surface area contributed by atoms with Crippen molar-refractivity contribution in [3.8, 4) is 0 Å². The SMILES string of the molecule is COCC(C)OCC(O)CC1CCCNC1. The third-order valence-corrected chi connectivity index (χ3v) is 2.98. The summed E-state index contributed by atoms with van der Waals surface area (Å²) in [5.41, 5.74) is 0. The highest BCUT2D eigenvalue weighted by Crippen LogP contribution is 2.16. The number of ether oxygens (including phenoxy) is 2. The van der Waals surface area contributed by atoms with Crippen LogP contribution in [0.4, 0.5) is 0 Å². The topological polar surface area (TPSA) is 50.7 Å². The molecule has 1 aliphatic heterocycles. The van der Waals surface area contributed by atoms with E-state index in [9.17, 15) is 5.11 Å². The first-order chi connectivity index (χ1) is 7.72. The smallest absolute Gasteiger partial charge is 0.0781 e. The average Bonchev–Trinajstić information content (AvgIpc) is 2.28. The Morgan fingerprint density at radius 2 is 2.25 bits per heavy atom. The molecule has 3 atom stereocenters. The van der Waals surface area contributed by atoms with Crippen LogP contribution in [0.2, 0.25) is 0 Å². The van der Waals surface area contributed by atoms with Gasteiger partial charge in [-0.3, -0.25) is 0 Å². The first-order valence-corrected chi connectivity index (χ1v) is 6.21. The van der Waals surface area contributed by atoms with E-state index in [1.54, 1.807) is 7.11 Å². The summed E-state index contributed by atoms with van der Waals surface area (Å²) in [4.78, 5) is 0. The van der Waals surface area contributed by atoms with Gasteiger partial charge in [-0.2, -0.15) is 0 Å². The lowest BCUT2D eigenvalue weighted by molar-refractivity contribution is -0.0380. The van der Waals surface area contributed by atoms with Gasteiger partial charge in [-0.05, 0) is 45.2 Å². The molecule has 16 heavy (non-hydrogen) atoms. The van der Waals surface area contributed by atoms with Crippen molar-refractivity contribution in [1.29, 1.82) is 0 Å². The third-order valence-electron chi connectivity index (χ3n) is 2.98. The Morgan fingerprint density at radius 3 is 2.88 bits per heavy atom. The Balaban J connectivity index is 2.07. The Morgan fingerprint density at radius 1 is 1.44 bits per heavy atom. The van der Waals surface area contributed by atoms with E-state index in [2.05, 4.69) is 5.32 Å². The Hall–Kier alpha value is -0.160. The Kier molecular flexibility index (Phi) is 6.96. The first-order valence-electron chi connectivity index (χ1n) is 6.21.